The molecule has 3 aromatic rings. The molecule has 0 radical (unpaired) electrons. The van der Waals surface area contributed by atoms with Crippen molar-refractivity contribution in [2.75, 3.05) is 0 Å². The standard InChI is InChI=1S/C15H7F3N4O2/c16-10-5-8(6-19)1-3-11(10)24-15(23)9-2-4-12-20-21-14(13(17)18)22(12)7-9/h1-5,7,13H. The Bertz CT molecular complexity index is 978. The van der Waals surface area contributed by atoms with E-state index in [2.05, 4.69) is 10.2 Å². The van der Waals surface area contributed by atoms with Crippen LogP contribution in [0.1, 0.15) is 28.2 Å². The Morgan fingerprint density at radius 2 is 2.04 bits per heavy atom. The molecule has 0 saturated heterocycles. The molecular formula is C15H7F3N4O2. The monoisotopic (exact) mass is 332 g/mol. The molecule has 6 nitrogen and oxygen atoms in total. The van der Waals surface area contributed by atoms with Crippen molar-refractivity contribution in [3.05, 3.63) is 59.3 Å². The van der Waals surface area contributed by atoms with Gasteiger partial charge in [0.25, 0.3) is 6.43 Å². The summed E-state index contributed by atoms with van der Waals surface area (Å²) in [5.74, 6) is -2.84. The Hall–Kier alpha value is -3.41. The van der Waals surface area contributed by atoms with E-state index in [1.807, 2.05) is 0 Å². The molecule has 9 heteroatoms. The third kappa shape index (κ3) is 2.77. The first-order chi connectivity index (χ1) is 11.5. The molecule has 0 N–H and O–H groups in total. The quantitative estimate of drug-likeness (QED) is 0.544. The molecule has 0 bridgehead atoms. The Morgan fingerprint density at radius 1 is 1.25 bits per heavy atom. The molecule has 3 rings (SSSR count). The average molecular weight is 332 g/mol. The predicted molar refractivity (Wildman–Crippen MR) is 74.0 cm³/mol. The highest BCUT2D eigenvalue weighted by atomic mass is 19.3. The van der Waals surface area contributed by atoms with Crippen molar-refractivity contribution in [2.24, 2.45) is 0 Å². The minimum atomic E-state index is -2.87. The van der Waals surface area contributed by atoms with Gasteiger partial charge in [-0.1, -0.05) is 0 Å². The van der Waals surface area contributed by atoms with Crippen molar-refractivity contribution in [3.63, 3.8) is 0 Å². The second-order valence-corrected chi connectivity index (χ2v) is 4.65. The number of nitriles is 1. The van der Waals surface area contributed by atoms with E-state index in [1.165, 1.54) is 18.2 Å². The zero-order valence-electron chi connectivity index (χ0n) is 11.8. The maximum absolute atomic E-state index is 13.7. The number of benzene rings is 1. The van der Waals surface area contributed by atoms with Crippen molar-refractivity contribution in [3.8, 4) is 11.8 Å². The summed E-state index contributed by atoms with van der Waals surface area (Å²) in [6, 6.07) is 7.68. The van der Waals surface area contributed by atoms with Gasteiger partial charge in [-0.25, -0.2) is 18.0 Å². The van der Waals surface area contributed by atoms with Gasteiger partial charge in [-0.2, -0.15) is 5.26 Å². The fourth-order valence-corrected chi connectivity index (χ4v) is 1.99. The summed E-state index contributed by atoms with van der Waals surface area (Å²) in [4.78, 5) is 12.1. The van der Waals surface area contributed by atoms with E-state index < -0.39 is 24.0 Å². The zero-order chi connectivity index (χ0) is 17.3. The van der Waals surface area contributed by atoms with Crippen LogP contribution < -0.4 is 4.74 Å². The minimum Gasteiger partial charge on any atom is -0.420 e. The van der Waals surface area contributed by atoms with Crippen molar-refractivity contribution in [1.82, 2.24) is 14.6 Å². The van der Waals surface area contributed by atoms with Gasteiger partial charge in [0.2, 0.25) is 5.82 Å². The number of hydrogen-bond acceptors (Lipinski definition) is 5. The van der Waals surface area contributed by atoms with Crippen molar-refractivity contribution in [2.45, 2.75) is 6.43 Å². The molecule has 0 unspecified atom stereocenters. The van der Waals surface area contributed by atoms with Gasteiger partial charge in [0, 0.05) is 6.20 Å². The highest BCUT2D eigenvalue weighted by molar-refractivity contribution is 5.91. The van der Waals surface area contributed by atoms with Crippen LogP contribution >= 0.6 is 0 Å². The van der Waals surface area contributed by atoms with Gasteiger partial charge in [0.05, 0.1) is 17.2 Å². The maximum Gasteiger partial charge on any atom is 0.345 e. The lowest BCUT2D eigenvalue weighted by molar-refractivity contribution is 0.0727. The van der Waals surface area contributed by atoms with Gasteiger partial charge in [0.15, 0.2) is 17.2 Å². The molecule has 0 atom stereocenters. The third-order valence-corrected chi connectivity index (χ3v) is 3.12. The van der Waals surface area contributed by atoms with Gasteiger partial charge in [0.1, 0.15) is 0 Å². The average Bonchev–Trinajstić information content (AvgIpc) is 2.99. The summed E-state index contributed by atoms with van der Waals surface area (Å²) in [7, 11) is 0. The van der Waals surface area contributed by atoms with Crippen LogP contribution in [-0.2, 0) is 0 Å². The molecule has 0 saturated carbocycles. The number of fused-ring (bicyclic) bond motifs is 1. The molecule has 0 spiro atoms. The number of rotatable bonds is 3. The van der Waals surface area contributed by atoms with Gasteiger partial charge < -0.3 is 4.74 Å². The lowest BCUT2D eigenvalue weighted by atomic mass is 10.2. The Kier molecular flexibility index (Phi) is 3.87. The Morgan fingerprint density at radius 3 is 2.71 bits per heavy atom. The molecule has 0 aliphatic rings. The highest BCUT2D eigenvalue weighted by Gasteiger charge is 2.18. The van der Waals surface area contributed by atoms with Crippen LogP contribution in [0.25, 0.3) is 5.65 Å². The molecule has 1 aromatic carbocycles. The lowest BCUT2D eigenvalue weighted by Gasteiger charge is -2.06. The second kappa shape index (κ2) is 6.00. The Balaban J connectivity index is 1.91. The number of carbonyl (C=O) groups is 1. The van der Waals surface area contributed by atoms with Gasteiger partial charge in [-0.05, 0) is 30.3 Å². The van der Waals surface area contributed by atoms with Crippen LogP contribution in [0.5, 0.6) is 5.75 Å². The molecule has 2 aromatic heterocycles. The summed E-state index contributed by atoms with van der Waals surface area (Å²) in [5.41, 5.74) is 0.110. The van der Waals surface area contributed by atoms with Gasteiger partial charge >= 0.3 is 5.97 Å². The van der Waals surface area contributed by atoms with E-state index in [1.54, 1.807) is 6.07 Å². The predicted octanol–water partition coefficient (Wildman–Crippen LogP) is 2.90. The van der Waals surface area contributed by atoms with Crippen LogP contribution in [0.4, 0.5) is 13.2 Å². The van der Waals surface area contributed by atoms with E-state index >= 15 is 0 Å². The first kappa shape index (κ1) is 15.5. The molecular weight excluding hydrogens is 325 g/mol. The van der Waals surface area contributed by atoms with E-state index in [0.29, 0.717) is 0 Å². The van der Waals surface area contributed by atoms with Crippen LogP contribution in [0.2, 0.25) is 0 Å². The lowest BCUT2D eigenvalue weighted by Crippen LogP contribution is -2.11. The molecule has 0 aliphatic carbocycles. The number of aromatic nitrogens is 3. The number of nitrogens with zero attached hydrogens (tertiary/aromatic N) is 4. The maximum atomic E-state index is 13.7. The van der Waals surface area contributed by atoms with E-state index in [-0.39, 0.29) is 22.5 Å². The molecule has 120 valence electrons. The zero-order valence-corrected chi connectivity index (χ0v) is 11.8. The largest absolute Gasteiger partial charge is 0.420 e. The topological polar surface area (TPSA) is 80.3 Å². The van der Waals surface area contributed by atoms with E-state index in [0.717, 1.165) is 22.7 Å². The summed E-state index contributed by atoms with van der Waals surface area (Å²) < 4.78 is 45.2. The van der Waals surface area contributed by atoms with Gasteiger partial charge in [-0.3, -0.25) is 4.40 Å². The van der Waals surface area contributed by atoms with Crippen LogP contribution in [0, 0.1) is 17.1 Å². The highest BCUT2D eigenvalue weighted by Crippen LogP contribution is 2.21. The number of pyridine rings is 1. The normalized spacial score (nSPS) is 10.8. The van der Waals surface area contributed by atoms with Crippen LogP contribution in [-0.4, -0.2) is 20.6 Å². The number of alkyl halides is 2. The van der Waals surface area contributed by atoms with Crippen molar-refractivity contribution in [1.29, 1.82) is 5.26 Å². The van der Waals surface area contributed by atoms with Crippen molar-refractivity contribution >= 4 is 11.6 Å². The van der Waals surface area contributed by atoms with E-state index in [9.17, 15) is 18.0 Å². The number of esters is 1. The van der Waals surface area contributed by atoms with E-state index in [4.69, 9.17) is 10.00 Å². The summed E-state index contributed by atoms with van der Waals surface area (Å²) in [5, 5.41) is 15.5. The SMILES string of the molecule is N#Cc1ccc(OC(=O)c2ccc3nnc(C(F)F)n3c2)c(F)c1. The molecule has 0 fully saturated rings. The first-order valence-corrected chi connectivity index (χ1v) is 6.54. The summed E-state index contributed by atoms with van der Waals surface area (Å²) in [6.07, 6.45) is -1.79. The number of hydrogen-bond donors (Lipinski definition) is 0. The van der Waals surface area contributed by atoms with Gasteiger partial charge in [-0.15, -0.1) is 10.2 Å². The summed E-state index contributed by atoms with van der Waals surface area (Å²) >= 11 is 0. The fraction of sp³-hybridized carbons (Fsp3) is 0.0667. The minimum absolute atomic E-state index is 0.0692. The molecule has 24 heavy (non-hydrogen) atoms. The third-order valence-electron chi connectivity index (χ3n) is 3.12. The van der Waals surface area contributed by atoms with Crippen LogP contribution in [0.3, 0.4) is 0 Å². The Labute approximate surface area is 132 Å². The molecule has 2 heterocycles. The first-order valence-electron chi connectivity index (χ1n) is 6.54. The second-order valence-electron chi connectivity index (χ2n) is 4.65. The fourth-order valence-electron chi connectivity index (χ4n) is 1.99. The summed E-state index contributed by atoms with van der Waals surface area (Å²) in [6.45, 7) is 0. The van der Waals surface area contributed by atoms with Crippen molar-refractivity contribution < 1.29 is 22.7 Å². The van der Waals surface area contributed by atoms with Crippen LogP contribution in [0.15, 0.2) is 36.5 Å². The number of halogens is 3. The molecule has 0 amide bonds. The number of carbonyl (C=O) groups excluding carboxylic acids is 1. The smallest absolute Gasteiger partial charge is 0.345 e. The molecule has 0 aliphatic heterocycles. The number of ether oxygens (including phenoxy) is 1.